The zero-order chi connectivity index (χ0) is 12.2. The van der Waals surface area contributed by atoms with Gasteiger partial charge in [-0.3, -0.25) is 0 Å². The summed E-state index contributed by atoms with van der Waals surface area (Å²) in [4.78, 5) is 0. The molecule has 5 heteroatoms. The minimum atomic E-state index is -3.17. The number of sulfonamides is 1. The molecule has 0 amide bonds. The molecule has 1 fully saturated rings. The Hall–Kier alpha value is -0.130. The van der Waals surface area contributed by atoms with E-state index >= 15 is 0 Å². The average molecular weight is 248 g/mol. The van der Waals surface area contributed by atoms with Crippen molar-refractivity contribution in [2.24, 2.45) is 11.7 Å². The maximum Gasteiger partial charge on any atom is 0.218 e. The second-order valence-corrected chi connectivity index (χ2v) is 6.83. The lowest BCUT2D eigenvalue weighted by Crippen LogP contribution is -2.43. The fourth-order valence-corrected chi connectivity index (χ4v) is 3.81. The first-order valence-electron chi connectivity index (χ1n) is 6.25. The third kappa shape index (κ3) is 3.43. The number of hydrogen-bond acceptors (Lipinski definition) is 3. The molecule has 1 aliphatic carbocycles. The maximum absolute atomic E-state index is 12.3. The van der Waals surface area contributed by atoms with Gasteiger partial charge in [0.15, 0.2) is 0 Å². The SMILES string of the molecule is CCCN(CC1CC1)S(=O)(=O)C(CC)CN. The predicted octanol–water partition coefficient (Wildman–Crippen LogP) is 1.18. The van der Waals surface area contributed by atoms with Crippen LogP contribution >= 0.6 is 0 Å². The van der Waals surface area contributed by atoms with Crippen molar-refractivity contribution in [3.63, 3.8) is 0 Å². The molecule has 1 saturated carbocycles. The molecule has 96 valence electrons. The van der Waals surface area contributed by atoms with Gasteiger partial charge in [-0.05, 0) is 31.6 Å². The van der Waals surface area contributed by atoms with Crippen LogP contribution in [-0.2, 0) is 10.0 Å². The van der Waals surface area contributed by atoms with Gasteiger partial charge in [-0.1, -0.05) is 13.8 Å². The van der Waals surface area contributed by atoms with Crippen molar-refractivity contribution in [3.8, 4) is 0 Å². The lowest BCUT2D eigenvalue weighted by molar-refractivity contribution is 0.388. The third-order valence-corrected chi connectivity index (χ3v) is 5.55. The van der Waals surface area contributed by atoms with Crippen LogP contribution in [0.25, 0.3) is 0 Å². The van der Waals surface area contributed by atoms with Gasteiger partial charge in [0.1, 0.15) is 0 Å². The van der Waals surface area contributed by atoms with Crippen LogP contribution in [0, 0.1) is 5.92 Å². The summed E-state index contributed by atoms with van der Waals surface area (Å²) < 4.78 is 26.2. The smallest absolute Gasteiger partial charge is 0.218 e. The summed E-state index contributed by atoms with van der Waals surface area (Å²) in [6, 6.07) is 0. The van der Waals surface area contributed by atoms with E-state index in [0.29, 0.717) is 25.4 Å². The molecule has 1 aliphatic rings. The van der Waals surface area contributed by atoms with Crippen molar-refractivity contribution < 1.29 is 8.42 Å². The molecule has 0 aromatic rings. The van der Waals surface area contributed by atoms with Crippen molar-refractivity contribution in [2.75, 3.05) is 19.6 Å². The molecule has 0 aromatic carbocycles. The van der Waals surface area contributed by atoms with Crippen molar-refractivity contribution in [3.05, 3.63) is 0 Å². The largest absolute Gasteiger partial charge is 0.329 e. The summed E-state index contributed by atoms with van der Waals surface area (Å²) in [5.74, 6) is 0.594. The van der Waals surface area contributed by atoms with Crippen LogP contribution in [0.15, 0.2) is 0 Å². The Kier molecular flexibility index (Phi) is 5.21. The Bertz CT molecular complexity index is 295. The van der Waals surface area contributed by atoms with Crippen molar-refractivity contribution in [2.45, 2.75) is 44.8 Å². The fraction of sp³-hybridized carbons (Fsp3) is 1.00. The van der Waals surface area contributed by atoms with E-state index in [1.807, 2.05) is 13.8 Å². The molecule has 0 spiro atoms. The van der Waals surface area contributed by atoms with Crippen LogP contribution in [0.5, 0.6) is 0 Å². The molecule has 0 aliphatic heterocycles. The van der Waals surface area contributed by atoms with Crippen LogP contribution in [-0.4, -0.2) is 37.6 Å². The molecule has 0 radical (unpaired) electrons. The van der Waals surface area contributed by atoms with Crippen LogP contribution in [0.1, 0.15) is 39.5 Å². The summed E-state index contributed by atoms with van der Waals surface area (Å²) in [5, 5.41) is -0.405. The molecular weight excluding hydrogens is 224 g/mol. The van der Waals surface area contributed by atoms with Gasteiger partial charge in [0.2, 0.25) is 10.0 Å². The summed E-state index contributed by atoms with van der Waals surface area (Å²) in [6.45, 7) is 5.46. The number of nitrogens with zero attached hydrogens (tertiary/aromatic N) is 1. The minimum absolute atomic E-state index is 0.226. The van der Waals surface area contributed by atoms with Crippen molar-refractivity contribution in [1.82, 2.24) is 4.31 Å². The van der Waals surface area contributed by atoms with Gasteiger partial charge < -0.3 is 5.73 Å². The second-order valence-electron chi connectivity index (χ2n) is 4.61. The van der Waals surface area contributed by atoms with Gasteiger partial charge in [-0.2, -0.15) is 0 Å². The molecule has 0 heterocycles. The van der Waals surface area contributed by atoms with Crippen molar-refractivity contribution >= 4 is 10.0 Å². The van der Waals surface area contributed by atoms with E-state index in [-0.39, 0.29) is 6.54 Å². The number of hydrogen-bond donors (Lipinski definition) is 1. The summed E-state index contributed by atoms with van der Waals surface area (Å²) in [6.07, 6.45) is 3.82. The molecule has 1 atom stereocenters. The van der Waals surface area contributed by atoms with Crippen molar-refractivity contribution in [1.29, 1.82) is 0 Å². The molecule has 16 heavy (non-hydrogen) atoms. The standard InChI is InChI=1S/C11H24N2O2S/c1-3-7-13(9-10-5-6-10)16(14,15)11(4-2)8-12/h10-11H,3-9,12H2,1-2H3. The van der Waals surface area contributed by atoms with E-state index < -0.39 is 15.3 Å². The highest BCUT2D eigenvalue weighted by Gasteiger charge is 2.33. The van der Waals surface area contributed by atoms with E-state index in [1.165, 1.54) is 12.8 Å². The van der Waals surface area contributed by atoms with Crippen LogP contribution in [0.2, 0.25) is 0 Å². The van der Waals surface area contributed by atoms with Gasteiger partial charge >= 0.3 is 0 Å². The van der Waals surface area contributed by atoms with Crippen LogP contribution in [0.3, 0.4) is 0 Å². The van der Waals surface area contributed by atoms with E-state index in [4.69, 9.17) is 5.73 Å². The quantitative estimate of drug-likeness (QED) is 0.701. The Balaban J connectivity index is 2.72. The Morgan fingerprint density at radius 2 is 2.00 bits per heavy atom. The first kappa shape index (κ1) is 13.9. The lowest BCUT2D eigenvalue weighted by atomic mass is 10.3. The molecular formula is C11H24N2O2S. The molecule has 1 unspecified atom stereocenters. The highest BCUT2D eigenvalue weighted by Crippen LogP contribution is 2.31. The van der Waals surface area contributed by atoms with Crippen LogP contribution in [0.4, 0.5) is 0 Å². The molecule has 2 N–H and O–H groups in total. The first-order valence-corrected chi connectivity index (χ1v) is 7.75. The van der Waals surface area contributed by atoms with E-state index in [2.05, 4.69) is 0 Å². The Morgan fingerprint density at radius 1 is 1.38 bits per heavy atom. The van der Waals surface area contributed by atoms with Crippen LogP contribution < -0.4 is 5.73 Å². The Morgan fingerprint density at radius 3 is 2.38 bits per heavy atom. The third-order valence-electron chi connectivity index (χ3n) is 3.13. The summed E-state index contributed by atoms with van der Waals surface area (Å²) >= 11 is 0. The Labute approximate surface area is 99.2 Å². The molecule has 4 nitrogen and oxygen atoms in total. The van der Waals surface area contributed by atoms with E-state index in [0.717, 1.165) is 6.42 Å². The number of nitrogens with two attached hydrogens (primary N) is 1. The molecule has 0 aromatic heterocycles. The molecule has 1 rings (SSSR count). The second kappa shape index (κ2) is 5.98. The zero-order valence-corrected chi connectivity index (χ0v) is 11.2. The highest BCUT2D eigenvalue weighted by atomic mass is 32.2. The van der Waals surface area contributed by atoms with Gasteiger partial charge in [0.05, 0.1) is 5.25 Å². The highest BCUT2D eigenvalue weighted by molar-refractivity contribution is 7.89. The van der Waals surface area contributed by atoms with Gasteiger partial charge in [-0.25, -0.2) is 12.7 Å². The summed E-state index contributed by atoms with van der Waals surface area (Å²) in [5.41, 5.74) is 5.54. The van der Waals surface area contributed by atoms with E-state index in [1.54, 1.807) is 4.31 Å². The normalized spacial score (nSPS) is 19.0. The summed E-state index contributed by atoms with van der Waals surface area (Å²) in [7, 11) is -3.17. The first-order chi connectivity index (χ1) is 7.56. The van der Waals surface area contributed by atoms with Gasteiger partial charge in [0, 0.05) is 19.6 Å². The monoisotopic (exact) mass is 248 g/mol. The number of rotatable bonds is 8. The zero-order valence-electron chi connectivity index (χ0n) is 10.4. The average Bonchev–Trinajstić information content (AvgIpc) is 3.02. The lowest BCUT2D eigenvalue weighted by Gasteiger charge is -2.26. The molecule has 0 saturated heterocycles. The molecule has 0 bridgehead atoms. The van der Waals surface area contributed by atoms with Gasteiger partial charge in [-0.15, -0.1) is 0 Å². The minimum Gasteiger partial charge on any atom is -0.329 e. The predicted molar refractivity (Wildman–Crippen MR) is 66.6 cm³/mol. The van der Waals surface area contributed by atoms with E-state index in [9.17, 15) is 8.42 Å². The topological polar surface area (TPSA) is 63.4 Å². The fourth-order valence-electron chi connectivity index (χ4n) is 1.87. The maximum atomic E-state index is 12.3. The van der Waals surface area contributed by atoms with Gasteiger partial charge in [0.25, 0.3) is 0 Å².